The van der Waals surface area contributed by atoms with E-state index in [4.69, 9.17) is 11.6 Å². The number of halogens is 1. The second-order valence-electron chi connectivity index (χ2n) is 4.73. The highest BCUT2D eigenvalue weighted by Gasteiger charge is 2.13. The van der Waals surface area contributed by atoms with E-state index >= 15 is 0 Å². The Labute approximate surface area is 139 Å². The molecule has 116 valence electrons. The Kier molecular flexibility index (Phi) is 5.63. The van der Waals surface area contributed by atoms with Gasteiger partial charge in [0.1, 0.15) is 0 Å². The zero-order valence-electron chi connectivity index (χ0n) is 12.5. The van der Waals surface area contributed by atoms with E-state index in [2.05, 4.69) is 18.7 Å². The van der Waals surface area contributed by atoms with Crippen molar-refractivity contribution in [2.24, 2.45) is 0 Å². The number of carboxylic acids is 1. The molecule has 0 aliphatic rings. The molecule has 0 unspecified atom stereocenters. The summed E-state index contributed by atoms with van der Waals surface area (Å²) in [7, 11) is 0. The molecule has 0 saturated heterocycles. The SMILES string of the molecule is CCN(CC)c1ccc(/C=C(\C(=O)O)c2ccc(Cl)s2)cc1. The monoisotopic (exact) mass is 335 g/mol. The molecule has 0 fully saturated rings. The Morgan fingerprint density at radius 3 is 2.27 bits per heavy atom. The van der Waals surface area contributed by atoms with Gasteiger partial charge in [0.15, 0.2) is 0 Å². The fraction of sp³-hybridized carbons (Fsp3) is 0.235. The van der Waals surface area contributed by atoms with E-state index in [-0.39, 0.29) is 5.57 Å². The molecule has 22 heavy (non-hydrogen) atoms. The molecule has 0 saturated carbocycles. The van der Waals surface area contributed by atoms with Gasteiger partial charge in [0.05, 0.1) is 9.91 Å². The highest BCUT2D eigenvalue weighted by molar-refractivity contribution is 7.17. The molecule has 3 nitrogen and oxygen atoms in total. The number of nitrogens with zero attached hydrogens (tertiary/aromatic N) is 1. The first-order chi connectivity index (χ1) is 10.5. The number of hydrogen-bond donors (Lipinski definition) is 1. The minimum atomic E-state index is -0.952. The minimum Gasteiger partial charge on any atom is -0.478 e. The molecule has 0 bridgehead atoms. The Hall–Kier alpha value is -1.78. The number of carboxylic acid groups (broad SMARTS) is 1. The number of aliphatic carboxylic acids is 1. The minimum absolute atomic E-state index is 0.257. The van der Waals surface area contributed by atoms with E-state index in [1.807, 2.05) is 24.3 Å². The fourth-order valence-corrected chi connectivity index (χ4v) is 3.28. The number of anilines is 1. The van der Waals surface area contributed by atoms with Gasteiger partial charge in [-0.2, -0.15) is 0 Å². The highest BCUT2D eigenvalue weighted by atomic mass is 35.5. The first kappa shape index (κ1) is 16.6. The van der Waals surface area contributed by atoms with Crippen LogP contribution in [0.25, 0.3) is 11.6 Å². The van der Waals surface area contributed by atoms with Crippen LogP contribution in [0.5, 0.6) is 0 Å². The topological polar surface area (TPSA) is 40.5 Å². The van der Waals surface area contributed by atoms with Crippen molar-refractivity contribution in [2.45, 2.75) is 13.8 Å². The summed E-state index contributed by atoms with van der Waals surface area (Å²) in [5, 5.41) is 9.40. The maximum absolute atomic E-state index is 11.5. The Morgan fingerprint density at radius 1 is 1.18 bits per heavy atom. The standard InChI is InChI=1S/C17H18ClNO2S/c1-3-19(4-2)13-7-5-12(6-8-13)11-14(17(20)21)15-9-10-16(18)22-15/h5-11H,3-4H2,1-2H3,(H,20,21)/b14-11-. The van der Waals surface area contributed by atoms with Crippen LogP contribution in [0.4, 0.5) is 5.69 Å². The maximum atomic E-state index is 11.5. The first-order valence-corrected chi connectivity index (χ1v) is 8.30. The third-order valence-corrected chi connectivity index (χ3v) is 4.67. The van der Waals surface area contributed by atoms with Crippen LogP contribution in [0.3, 0.4) is 0 Å². The molecule has 0 amide bonds. The summed E-state index contributed by atoms with van der Waals surface area (Å²) in [6, 6.07) is 11.3. The molecule has 1 aromatic heterocycles. The number of hydrogen-bond acceptors (Lipinski definition) is 3. The highest BCUT2D eigenvalue weighted by Crippen LogP contribution is 2.29. The average molecular weight is 336 g/mol. The normalized spacial score (nSPS) is 11.5. The van der Waals surface area contributed by atoms with Gasteiger partial charge in [0.25, 0.3) is 0 Å². The largest absolute Gasteiger partial charge is 0.478 e. The summed E-state index contributed by atoms with van der Waals surface area (Å²) in [6.45, 7) is 6.11. The van der Waals surface area contributed by atoms with Crippen LogP contribution >= 0.6 is 22.9 Å². The fourth-order valence-electron chi connectivity index (χ4n) is 2.23. The van der Waals surface area contributed by atoms with Gasteiger partial charge in [0.2, 0.25) is 0 Å². The van der Waals surface area contributed by atoms with Crippen molar-refractivity contribution in [1.82, 2.24) is 0 Å². The van der Waals surface area contributed by atoms with Crippen molar-refractivity contribution in [3.05, 3.63) is 51.2 Å². The smallest absolute Gasteiger partial charge is 0.337 e. The summed E-state index contributed by atoms with van der Waals surface area (Å²) >= 11 is 7.16. The molecule has 0 aliphatic carbocycles. The quantitative estimate of drug-likeness (QED) is 0.765. The summed E-state index contributed by atoms with van der Waals surface area (Å²) in [6.07, 6.45) is 1.68. The summed E-state index contributed by atoms with van der Waals surface area (Å²) in [4.78, 5) is 14.4. The van der Waals surface area contributed by atoms with Crippen molar-refractivity contribution in [3.8, 4) is 0 Å². The van der Waals surface area contributed by atoms with Gasteiger partial charge in [-0.1, -0.05) is 23.7 Å². The van der Waals surface area contributed by atoms with Crippen LogP contribution in [0.15, 0.2) is 36.4 Å². The molecule has 0 atom stereocenters. The Morgan fingerprint density at radius 2 is 1.82 bits per heavy atom. The van der Waals surface area contributed by atoms with Gasteiger partial charge in [-0.05, 0) is 49.8 Å². The van der Waals surface area contributed by atoms with Crippen molar-refractivity contribution < 1.29 is 9.90 Å². The van der Waals surface area contributed by atoms with Crippen LogP contribution in [0.1, 0.15) is 24.3 Å². The van der Waals surface area contributed by atoms with Gasteiger partial charge in [-0.15, -0.1) is 11.3 Å². The number of rotatable bonds is 6. The van der Waals surface area contributed by atoms with Gasteiger partial charge >= 0.3 is 5.97 Å². The molecule has 0 spiro atoms. The molecule has 0 aliphatic heterocycles. The predicted molar refractivity (Wildman–Crippen MR) is 94.8 cm³/mol. The summed E-state index contributed by atoms with van der Waals surface area (Å²) in [5.74, 6) is -0.952. The van der Waals surface area contributed by atoms with Gasteiger partial charge in [-0.3, -0.25) is 0 Å². The summed E-state index contributed by atoms with van der Waals surface area (Å²) < 4.78 is 0.582. The molecule has 2 aromatic rings. The van der Waals surface area contributed by atoms with E-state index in [0.717, 1.165) is 24.3 Å². The van der Waals surface area contributed by atoms with Crippen LogP contribution in [-0.2, 0) is 4.79 Å². The molecule has 1 heterocycles. The van der Waals surface area contributed by atoms with E-state index < -0.39 is 5.97 Å². The lowest BCUT2D eigenvalue weighted by molar-refractivity contribution is -0.130. The molecule has 5 heteroatoms. The number of thiophene rings is 1. The van der Waals surface area contributed by atoms with Gasteiger partial charge in [-0.25, -0.2) is 4.79 Å². The van der Waals surface area contributed by atoms with Crippen LogP contribution in [-0.4, -0.2) is 24.2 Å². The van der Waals surface area contributed by atoms with Gasteiger partial charge < -0.3 is 10.0 Å². The second kappa shape index (κ2) is 7.47. The number of benzene rings is 1. The molecule has 2 rings (SSSR count). The Balaban J connectivity index is 2.31. The third-order valence-electron chi connectivity index (χ3n) is 3.40. The van der Waals surface area contributed by atoms with E-state index in [1.54, 1.807) is 18.2 Å². The van der Waals surface area contributed by atoms with Crippen molar-refractivity contribution in [3.63, 3.8) is 0 Å². The zero-order chi connectivity index (χ0) is 16.1. The zero-order valence-corrected chi connectivity index (χ0v) is 14.1. The lowest BCUT2D eigenvalue weighted by Gasteiger charge is -2.20. The second-order valence-corrected chi connectivity index (χ2v) is 6.45. The molecule has 1 aromatic carbocycles. The van der Waals surface area contributed by atoms with Gasteiger partial charge in [0, 0.05) is 23.7 Å². The van der Waals surface area contributed by atoms with Crippen molar-refractivity contribution in [1.29, 1.82) is 0 Å². The lowest BCUT2D eigenvalue weighted by Crippen LogP contribution is -2.21. The van der Waals surface area contributed by atoms with Crippen molar-refractivity contribution in [2.75, 3.05) is 18.0 Å². The molecular formula is C17H18ClNO2S. The first-order valence-electron chi connectivity index (χ1n) is 7.10. The lowest BCUT2D eigenvalue weighted by atomic mass is 10.1. The Bertz CT molecular complexity index is 672. The van der Waals surface area contributed by atoms with Crippen molar-refractivity contribution >= 4 is 46.2 Å². The van der Waals surface area contributed by atoms with Crippen LogP contribution < -0.4 is 4.90 Å². The van der Waals surface area contributed by atoms with E-state index in [1.165, 1.54) is 11.3 Å². The predicted octanol–water partition coefficient (Wildman–Crippen LogP) is 4.87. The van der Waals surface area contributed by atoms with E-state index in [9.17, 15) is 9.90 Å². The van der Waals surface area contributed by atoms with E-state index in [0.29, 0.717) is 9.21 Å². The molecule has 0 radical (unpaired) electrons. The maximum Gasteiger partial charge on any atom is 0.337 e. The number of carbonyl (C=O) groups is 1. The van der Waals surface area contributed by atoms with Crippen LogP contribution in [0.2, 0.25) is 4.34 Å². The summed E-state index contributed by atoms with van der Waals surface area (Å²) in [5.41, 5.74) is 2.25. The molecular weight excluding hydrogens is 318 g/mol. The molecule has 1 N–H and O–H groups in total. The van der Waals surface area contributed by atoms with Crippen LogP contribution in [0, 0.1) is 0 Å². The average Bonchev–Trinajstić information content (AvgIpc) is 2.93. The third kappa shape index (κ3) is 3.90.